The molecule has 0 radical (unpaired) electrons. The van der Waals surface area contributed by atoms with Gasteiger partial charge < -0.3 is 5.32 Å². The first-order valence-electron chi connectivity index (χ1n) is 9.03. The fourth-order valence-corrected chi connectivity index (χ4v) is 3.07. The molecule has 4 rings (SSSR count). The van der Waals surface area contributed by atoms with E-state index in [0.717, 1.165) is 17.7 Å². The summed E-state index contributed by atoms with van der Waals surface area (Å²) in [7, 11) is 0. The van der Waals surface area contributed by atoms with Gasteiger partial charge in [-0.1, -0.05) is 60.7 Å². The highest BCUT2D eigenvalue weighted by Crippen LogP contribution is 2.19. The van der Waals surface area contributed by atoms with Gasteiger partial charge in [-0.05, 0) is 52.2 Å². The van der Waals surface area contributed by atoms with E-state index in [9.17, 15) is 4.79 Å². The predicted octanol–water partition coefficient (Wildman–Crippen LogP) is 3.38. The molecule has 6 nitrogen and oxygen atoms in total. The SMILES string of the molecule is O=C(N[C@@H](Cc1ccccc1)c1ccccc1)c1ccc(-n2cnnn2)cc1. The molecule has 0 aliphatic heterocycles. The molecule has 3 aromatic carbocycles. The van der Waals surface area contributed by atoms with Crippen LogP contribution < -0.4 is 5.32 Å². The summed E-state index contributed by atoms with van der Waals surface area (Å²) in [6, 6.07) is 27.3. The van der Waals surface area contributed by atoms with Crippen molar-refractivity contribution in [1.29, 1.82) is 0 Å². The summed E-state index contributed by atoms with van der Waals surface area (Å²) in [4.78, 5) is 12.9. The van der Waals surface area contributed by atoms with Crippen LogP contribution in [0, 0.1) is 0 Å². The molecule has 1 atom stereocenters. The number of nitrogens with one attached hydrogen (secondary N) is 1. The summed E-state index contributed by atoms with van der Waals surface area (Å²) in [6.07, 6.45) is 2.24. The monoisotopic (exact) mass is 369 g/mol. The Morgan fingerprint density at radius 3 is 2.21 bits per heavy atom. The van der Waals surface area contributed by atoms with Crippen molar-refractivity contribution in [3.8, 4) is 5.69 Å². The van der Waals surface area contributed by atoms with Crippen LogP contribution in [0.15, 0.2) is 91.3 Å². The maximum absolute atomic E-state index is 12.9. The minimum atomic E-state index is -0.118. The van der Waals surface area contributed by atoms with Crippen LogP contribution in [0.2, 0.25) is 0 Å². The van der Waals surface area contributed by atoms with Crippen LogP contribution in [0.25, 0.3) is 5.69 Å². The predicted molar refractivity (Wildman–Crippen MR) is 106 cm³/mol. The molecule has 28 heavy (non-hydrogen) atoms. The van der Waals surface area contributed by atoms with Crippen molar-refractivity contribution in [2.24, 2.45) is 0 Å². The van der Waals surface area contributed by atoms with E-state index < -0.39 is 0 Å². The van der Waals surface area contributed by atoms with Gasteiger partial charge in [0, 0.05) is 5.56 Å². The average Bonchev–Trinajstić information content (AvgIpc) is 3.30. The molecule has 0 saturated heterocycles. The van der Waals surface area contributed by atoms with Crippen LogP contribution in [0.5, 0.6) is 0 Å². The van der Waals surface area contributed by atoms with E-state index in [1.165, 1.54) is 11.9 Å². The van der Waals surface area contributed by atoms with Crippen LogP contribution in [0.4, 0.5) is 0 Å². The van der Waals surface area contributed by atoms with Crippen LogP contribution in [0.3, 0.4) is 0 Å². The summed E-state index contributed by atoms with van der Waals surface area (Å²) in [5, 5.41) is 14.3. The molecule has 1 heterocycles. The summed E-state index contributed by atoms with van der Waals surface area (Å²) in [5.41, 5.74) is 3.63. The number of amides is 1. The number of aromatic nitrogens is 4. The van der Waals surface area contributed by atoms with E-state index >= 15 is 0 Å². The molecule has 0 spiro atoms. The zero-order chi connectivity index (χ0) is 19.2. The van der Waals surface area contributed by atoms with E-state index in [1.807, 2.05) is 60.7 Å². The highest BCUT2D eigenvalue weighted by molar-refractivity contribution is 5.94. The molecule has 0 aliphatic rings. The Kier molecular flexibility index (Phi) is 5.20. The fraction of sp³-hybridized carbons (Fsp3) is 0.0909. The zero-order valence-corrected chi connectivity index (χ0v) is 15.1. The first kappa shape index (κ1) is 17.6. The Labute approximate surface area is 162 Å². The Morgan fingerprint density at radius 2 is 1.57 bits per heavy atom. The van der Waals surface area contributed by atoms with Gasteiger partial charge in [-0.3, -0.25) is 4.79 Å². The van der Waals surface area contributed by atoms with Crippen molar-refractivity contribution in [3.63, 3.8) is 0 Å². The molecule has 0 saturated carbocycles. The van der Waals surface area contributed by atoms with E-state index in [4.69, 9.17) is 0 Å². The lowest BCUT2D eigenvalue weighted by molar-refractivity contribution is 0.0936. The minimum absolute atomic E-state index is 0.115. The molecule has 6 heteroatoms. The Morgan fingerprint density at radius 1 is 0.893 bits per heavy atom. The maximum Gasteiger partial charge on any atom is 0.251 e. The first-order valence-corrected chi connectivity index (χ1v) is 9.03. The molecule has 0 bridgehead atoms. The van der Waals surface area contributed by atoms with Gasteiger partial charge in [0.2, 0.25) is 0 Å². The average molecular weight is 369 g/mol. The number of hydrogen-bond acceptors (Lipinski definition) is 4. The molecular weight excluding hydrogens is 350 g/mol. The van der Waals surface area contributed by atoms with E-state index in [1.54, 1.807) is 16.8 Å². The molecule has 1 amide bonds. The smallest absolute Gasteiger partial charge is 0.251 e. The largest absolute Gasteiger partial charge is 0.345 e. The van der Waals surface area contributed by atoms with Crippen LogP contribution in [-0.2, 0) is 6.42 Å². The number of rotatable bonds is 6. The van der Waals surface area contributed by atoms with Gasteiger partial charge >= 0.3 is 0 Å². The third-order valence-corrected chi connectivity index (χ3v) is 4.53. The molecule has 0 aliphatic carbocycles. The number of benzene rings is 3. The molecule has 138 valence electrons. The topological polar surface area (TPSA) is 72.7 Å². The van der Waals surface area contributed by atoms with Gasteiger partial charge in [0.25, 0.3) is 5.91 Å². The van der Waals surface area contributed by atoms with Crippen molar-refractivity contribution in [3.05, 3.63) is 108 Å². The van der Waals surface area contributed by atoms with E-state index in [0.29, 0.717) is 5.56 Å². The number of tetrazole rings is 1. The normalized spacial score (nSPS) is 11.7. The van der Waals surface area contributed by atoms with Crippen LogP contribution >= 0.6 is 0 Å². The third-order valence-electron chi connectivity index (χ3n) is 4.53. The second-order valence-corrected chi connectivity index (χ2v) is 6.43. The summed E-state index contributed by atoms with van der Waals surface area (Å²) in [6.45, 7) is 0. The Hall–Kier alpha value is -3.80. The van der Waals surface area contributed by atoms with E-state index in [2.05, 4.69) is 33.0 Å². The highest BCUT2D eigenvalue weighted by atomic mass is 16.1. The quantitative estimate of drug-likeness (QED) is 0.565. The second kappa shape index (κ2) is 8.26. The molecule has 0 unspecified atom stereocenters. The van der Waals surface area contributed by atoms with Crippen molar-refractivity contribution >= 4 is 5.91 Å². The highest BCUT2D eigenvalue weighted by Gasteiger charge is 2.16. The van der Waals surface area contributed by atoms with Gasteiger partial charge in [-0.15, -0.1) is 5.10 Å². The van der Waals surface area contributed by atoms with Gasteiger partial charge in [0.15, 0.2) is 0 Å². The number of hydrogen-bond donors (Lipinski definition) is 1. The lowest BCUT2D eigenvalue weighted by atomic mass is 9.98. The van der Waals surface area contributed by atoms with Crippen molar-refractivity contribution < 1.29 is 4.79 Å². The van der Waals surface area contributed by atoms with E-state index in [-0.39, 0.29) is 11.9 Å². The third kappa shape index (κ3) is 4.12. The van der Waals surface area contributed by atoms with Crippen molar-refractivity contribution in [1.82, 2.24) is 25.5 Å². The number of carbonyl (C=O) groups is 1. The van der Waals surface area contributed by atoms with Crippen molar-refractivity contribution in [2.75, 3.05) is 0 Å². The molecular formula is C22H19N5O. The Bertz CT molecular complexity index is 1020. The number of nitrogens with zero attached hydrogens (tertiary/aromatic N) is 4. The molecule has 1 aromatic heterocycles. The van der Waals surface area contributed by atoms with Crippen LogP contribution in [0.1, 0.15) is 27.5 Å². The number of carbonyl (C=O) groups excluding carboxylic acids is 1. The zero-order valence-electron chi connectivity index (χ0n) is 15.1. The van der Waals surface area contributed by atoms with Gasteiger partial charge in [-0.25, -0.2) is 4.68 Å². The second-order valence-electron chi connectivity index (χ2n) is 6.43. The standard InChI is InChI=1S/C22H19N5O/c28-22(19-11-13-20(14-12-19)27-16-23-25-26-27)24-21(18-9-5-2-6-10-18)15-17-7-3-1-4-8-17/h1-14,16,21H,15H2,(H,24,28)/t21-/m0/s1. The van der Waals surface area contributed by atoms with Crippen LogP contribution in [-0.4, -0.2) is 26.1 Å². The summed E-state index contributed by atoms with van der Waals surface area (Å²) >= 11 is 0. The molecule has 4 aromatic rings. The Balaban J connectivity index is 1.53. The maximum atomic E-state index is 12.9. The van der Waals surface area contributed by atoms with Gasteiger partial charge in [0.1, 0.15) is 6.33 Å². The lowest BCUT2D eigenvalue weighted by Crippen LogP contribution is -2.30. The van der Waals surface area contributed by atoms with Gasteiger partial charge in [0.05, 0.1) is 11.7 Å². The van der Waals surface area contributed by atoms with Gasteiger partial charge in [-0.2, -0.15) is 0 Å². The molecule has 0 fully saturated rings. The first-order chi connectivity index (χ1) is 13.8. The fourth-order valence-electron chi connectivity index (χ4n) is 3.07. The minimum Gasteiger partial charge on any atom is -0.345 e. The summed E-state index contributed by atoms with van der Waals surface area (Å²) in [5.74, 6) is -0.118. The van der Waals surface area contributed by atoms with Crippen molar-refractivity contribution in [2.45, 2.75) is 12.5 Å². The molecule has 1 N–H and O–H groups in total. The lowest BCUT2D eigenvalue weighted by Gasteiger charge is -2.20. The summed E-state index contributed by atoms with van der Waals surface area (Å²) < 4.78 is 1.55.